The zero-order valence-electron chi connectivity index (χ0n) is 20.4. The van der Waals surface area contributed by atoms with Crippen LogP contribution in [0.4, 0.5) is 14.5 Å². The van der Waals surface area contributed by atoms with Gasteiger partial charge in [-0.05, 0) is 62.4 Å². The lowest BCUT2D eigenvalue weighted by atomic mass is 10.0. The molecule has 3 aromatic carbocycles. The first-order valence-corrected chi connectivity index (χ1v) is 11.5. The van der Waals surface area contributed by atoms with Gasteiger partial charge in [-0.25, -0.2) is 13.6 Å². The molecule has 0 aliphatic heterocycles. The van der Waals surface area contributed by atoms with E-state index < -0.39 is 23.0 Å². The maximum absolute atomic E-state index is 14.4. The van der Waals surface area contributed by atoms with Gasteiger partial charge in [0.2, 0.25) is 11.3 Å². The molecule has 0 fully saturated rings. The minimum Gasteiger partial charge on any atom is -0.462 e. The number of aromatic nitrogens is 1. The van der Waals surface area contributed by atoms with Crippen LogP contribution in [0.1, 0.15) is 35.3 Å². The molecule has 0 unspecified atom stereocenters. The van der Waals surface area contributed by atoms with Gasteiger partial charge in [-0.15, -0.1) is 0 Å². The van der Waals surface area contributed by atoms with Gasteiger partial charge in [-0.3, -0.25) is 9.59 Å². The van der Waals surface area contributed by atoms with Crippen LogP contribution in [-0.2, 0) is 16.1 Å². The Morgan fingerprint density at radius 2 is 1.68 bits per heavy atom. The summed E-state index contributed by atoms with van der Waals surface area (Å²) in [5.41, 5.74) is 0.347. The van der Waals surface area contributed by atoms with Crippen LogP contribution in [0.5, 0.6) is 11.5 Å². The molecular weight excluding hydrogens is 482 g/mol. The number of nitrogens with one attached hydrogen (secondary N) is 1. The second kappa shape index (κ2) is 10.6. The third-order valence-corrected chi connectivity index (χ3v) is 5.75. The third-order valence-electron chi connectivity index (χ3n) is 5.75. The molecular formula is C28H24F2N2O5. The predicted octanol–water partition coefficient (Wildman–Crippen LogP) is 5.56. The molecule has 37 heavy (non-hydrogen) atoms. The van der Waals surface area contributed by atoms with Crippen LogP contribution in [-0.4, -0.2) is 23.1 Å². The Kier molecular flexibility index (Phi) is 7.33. The van der Waals surface area contributed by atoms with E-state index in [9.17, 15) is 23.2 Å². The van der Waals surface area contributed by atoms with E-state index in [2.05, 4.69) is 5.32 Å². The number of carbonyl (C=O) groups excluding carboxylic acids is 2. The number of ether oxygens (including phenoxy) is 2. The van der Waals surface area contributed by atoms with E-state index in [1.54, 1.807) is 50.2 Å². The Bertz CT molecular complexity index is 1540. The van der Waals surface area contributed by atoms with Crippen LogP contribution in [0.25, 0.3) is 10.9 Å². The second-order valence-electron chi connectivity index (χ2n) is 8.31. The molecule has 4 rings (SSSR count). The number of anilines is 1. The lowest BCUT2D eigenvalue weighted by Crippen LogP contribution is -2.22. The highest BCUT2D eigenvalue weighted by molar-refractivity contribution is 5.95. The molecule has 0 atom stereocenters. The number of benzene rings is 3. The van der Waals surface area contributed by atoms with Crippen molar-refractivity contribution in [1.82, 2.24) is 4.57 Å². The molecule has 0 saturated carbocycles. The quantitative estimate of drug-likeness (QED) is 0.332. The van der Waals surface area contributed by atoms with E-state index in [-0.39, 0.29) is 35.6 Å². The summed E-state index contributed by atoms with van der Waals surface area (Å²) in [7, 11) is 0. The van der Waals surface area contributed by atoms with Crippen LogP contribution < -0.4 is 15.5 Å². The number of hydrogen-bond donors (Lipinski definition) is 1. The zero-order chi connectivity index (χ0) is 26.7. The zero-order valence-corrected chi connectivity index (χ0v) is 20.4. The van der Waals surface area contributed by atoms with Gasteiger partial charge >= 0.3 is 5.97 Å². The van der Waals surface area contributed by atoms with E-state index in [0.29, 0.717) is 28.3 Å². The fourth-order valence-corrected chi connectivity index (χ4v) is 4.01. The van der Waals surface area contributed by atoms with Crippen LogP contribution in [0.3, 0.4) is 0 Å². The van der Waals surface area contributed by atoms with Gasteiger partial charge in [-0.1, -0.05) is 6.07 Å². The van der Waals surface area contributed by atoms with Crippen molar-refractivity contribution in [3.63, 3.8) is 0 Å². The molecule has 0 bridgehead atoms. The van der Waals surface area contributed by atoms with Crippen LogP contribution >= 0.6 is 0 Å². The molecule has 0 radical (unpaired) electrons. The van der Waals surface area contributed by atoms with Crippen LogP contribution in [0.15, 0.2) is 65.6 Å². The lowest BCUT2D eigenvalue weighted by molar-refractivity contribution is -0.114. The minimum atomic E-state index is -0.837. The SMILES string of the molecule is CCOC(=O)c1cn(Cc2c(F)cccc2F)c2ccc(Oc3ccc(NC(C)=O)cc3)c(C)c2c1=O. The first kappa shape index (κ1) is 25.6. The first-order valence-electron chi connectivity index (χ1n) is 11.5. The van der Waals surface area contributed by atoms with Crippen molar-refractivity contribution in [3.8, 4) is 11.5 Å². The van der Waals surface area contributed by atoms with Crippen molar-refractivity contribution in [3.05, 3.63) is 99.3 Å². The maximum atomic E-state index is 14.4. The molecule has 1 N–H and O–H groups in total. The average Bonchev–Trinajstić information content (AvgIpc) is 2.85. The van der Waals surface area contributed by atoms with E-state index in [0.717, 1.165) is 12.1 Å². The third kappa shape index (κ3) is 5.35. The van der Waals surface area contributed by atoms with Gasteiger partial charge in [0.05, 0.1) is 24.1 Å². The van der Waals surface area contributed by atoms with E-state index in [1.807, 2.05) is 0 Å². The Morgan fingerprint density at radius 1 is 1.00 bits per heavy atom. The van der Waals surface area contributed by atoms with Crippen LogP contribution in [0, 0.1) is 18.6 Å². The van der Waals surface area contributed by atoms with Crippen molar-refractivity contribution in [2.24, 2.45) is 0 Å². The monoisotopic (exact) mass is 506 g/mol. The van der Waals surface area contributed by atoms with Gasteiger partial charge in [0, 0.05) is 29.9 Å². The molecule has 0 spiro atoms. The minimum absolute atomic E-state index is 0.0505. The number of halogens is 2. The van der Waals surface area contributed by atoms with Crippen molar-refractivity contribution in [2.75, 3.05) is 11.9 Å². The summed E-state index contributed by atoms with van der Waals surface area (Å²) in [6.45, 7) is 4.47. The summed E-state index contributed by atoms with van der Waals surface area (Å²) >= 11 is 0. The van der Waals surface area contributed by atoms with Gasteiger partial charge in [0.15, 0.2) is 0 Å². The van der Waals surface area contributed by atoms with Gasteiger partial charge in [0.1, 0.15) is 28.7 Å². The first-order chi connectivity index (χ1) is 17.7. The Hall–Kier alpha value is -4.53. The molecule has 7 nitrogen and oxygen atoms in total. The molecule has 0 aliphatic carbocycles. The maximum Gasteiger partial charge on any atom is 0.343 e. The fourth-order valence-electron chi connectivity index (χ4n) is 4.01. The smallest absolute Gasteiger partial charge is 0.343 e. The number of esters is 1. The van der Waals surface area contributed by atoms with Gasteiger partial charge in [-0.2, -0.15) is 0 Å². The molecule has 9 heteroatoms. The number of amides is 1. The Labute approximate surface area is 211 Å². The summed E-state index contributed by atoms with van der Waals surface area (Å²) in [5.74, 6) is -1.74. The van der Waals surface area contributed by atoms with E-state index in [1.165, 1.54) is 23.8 Å². The number of rotatable bonds is 7. The summed E-state index contributed by atoms with van der Waals surface area (Å²) in [5, 5.41) is 2.83. The number of fused-ring (bicyclic) bond motifs is 1. The summed E-state index contributed by atoms with van der Waals surface area (Å²) in [6.07, 6.45) is 1.26. The predicted molar refractivity (Wildman–Crippen MR) is 135 cm³/mol. The molecule has 1 heterocycles. The highest BCUT2D eigenvalue weighted by Gasteiger charge is 2.21. The normalized spacial score (nSPS) is 10.8. The van der Waals surface area contributed by atoms with Gasteiger partial charge in [0.25, 0.3) is 0 Å². The Balaban J connectivity index is 1.83. The van der Waals surface area contributed by atoms with Gasteiger partial charge < -0.3 is 19.4 Å². The molecule has 0 aliphatic rings. The molecule has 1 aromatic heterocycles. The van der Waals surface area contributed by atoms with Crippen LogP contribution in [0.2, 0.25) is 0 Å². The number of carbonyl (C=O) groups is 2. The highest BCUT2D eigenvalue weighted by Crippen LogP contribution is 2.31. The second-order valence-corrected chi connectivity index (χ2v) is 8.31. The molecule has 190 valence electrons. The number of nitrogens with zero attached hydrogens (tertiary/aromatic N) is 1. The molecule has 4 aromatic rings. The largest absolute Gasteiger partial charge is 0.462 e. The summed E-state index contributed by atoms with van der Waals surface area (Å²) in [4.78, 5) is 37.2. The lowest BCUT2D eigenvalue weighted by Gasteiger charge is -2.17. The van der Waals surface area contributed by atoms with Crippen molar-refractivity contribution >= 4 is 28.5 Å². The average molecular weight is 507 g/mol. The number of aryl methyl sites for hydroxylation is 1. The topological polar surface area (TPSA) is 86.6 Å². The molecule has 1 amide bonds. The summed E-state index contributed by atoms with van der Waals surface area (Å²) in [6, 6.07) is 13.4. The highest BCUT2D eigenvalue weighted by atomic mass is 19.1. The standard InChI is InChI=1S/C28H24F2N2O5/c1-4-36-28(35)21-15-32(14-20-22(29)6-5-7-23(20)30)24-12-13-25(16(2)26(24)27(21)34)37-19-10-8-18(9-11-19)31-17(3)33/h5-13,15H,4,14H2,1-3H3,(H,31,33). The van der Waals surface area contributed by atoms with Crippen molar-refractivity contribution in [2.45, 2.75) is 27.3 Å². The number of pyridine rings is 1. The fraction of sp³-hybridized carbons (Fsp3) is 0.179. The van der Waals surface area contributed by atoms with Crippen molar-refractivity contribution < 1.29 is 27.8 Å². The summed E-state index contributed by atoms with van der Waals surface area (Å²) < 4.78 is 41.3. The van der Waals surface area contributed by atoms with E-state index >= 15 is 0 Å². The molecule has 0 saturated heterocycles. The van der Waals surface area contributed by atoms with Crippen molar-refractivity contribution in [1.29, 1.82) is 0 Å². The van der Waals surface area contributed by atoms with E-state index in [4.69, 9.17) is 9.47 Å². The number of hydrogen-bond acceptors (Lipinski definition) is 5. The Morgan fingerprint density at radius 3 is 2.30 bits per heavy atom.